The maximum atomic E-state index is 13.2. The Kier molecular flexibility index (Phi) is 67.1. The smallest absolute Gasteiger partial charge is 0.220 e. The van der Waals surface area contributed by atoms with E-state index in [0.717, 1.165) is 70.6 Å². The average Bonchev–Trinajstić information content (AvgIpc) is 1.33. The minimum absolute atomic E-state index is 0.170. The van der Waals surface area contributed by atoms with E-state index in [4.69, 9.17) is 9.47 Å². The van der Waals surface area contributed by atoms with Crippen molar-refractivity contribution in [3.63, 3.8) is 0 Å². The van der Waals surface area contributed by atoms with Crippen LogP contribution in [0.5, 0.6) is 0 Å². The summed E-state index contributed by atoms with van der Waals surface area (Å²) >= 11 is 0. The van der Waals surface area contributed by atoms with Gasteiger partial charge in [-0.15, -0.1) is 0 Å². The highest BCUT2D eigenvalue weighted by molar-refractivity contribution is 5.76. The van der Waals surface area contributed by atoms with E-state index in [1.807, 2.05) is 6.08 Å². The Morgan fingerprint density at radius 1 is 0.385 bits per heavy atom. The molecule has 0 aromatic carbocycles. The number of hydrogen-bond donors (Lipinski definition) is 6. The second-order valence-corrected chi connectivity index (χ2v) is 27.5. The van der Waals surface area contributed by atoms with Crippen molar-refractivity contribution >= 4 is 5.91 Å². The zero-order valence-corrected chi connectivity index (χ0v) is 59.9. The molecule has 532 valence electrons. The van der Waals surface area contributed by atoms with Gasteiger partial charge < -0.3 is 40.3 Å². The van der Waals surface area contributed by atoms with Gasteiger partial charge in [0.1, 0.15) is 24.4 Å². The summed E-state index contributed by atoms with van der Waals surface area (Å²) in [6, 6.07) is -0.807. The number of aliphatic hydroxyl groups excluding tert-OH is 5. The van der Waals surface area contributed by atoms with Crippen LogP contribution in [0.1, 0.15) is 386 Å². The van der Waals surface area contributed by atoms with E-state index in [-0.39, 0.29) is 12.5 Å². The second kappa shape index (κ2) is 70.4. The van der Waals surface area contributed by atoms with Crippen LogP contribution >= 0.6 is 0 Å². The van der Waals surface area contributed by atoms with Crippen LogP contribution in [0.15, 0.2) is 72.9 Å². The van der Waals surface area contributed by atoms with Gasteiger partial charge >= 0.3 is 0 Å². The molecule has 1 aliphatic heterocycles. The first-order valence-electron chi connectivity index (χ1n) is 39.7. The minimum Gasteiger partial charge on any atom is -0.394 e. The molecule has 0 radical (unpaired) electrons. The molecule has 1 saturated heterocycles. The molecule has 0 saturated carbocycles. The van der Waals surface area contributed by atoms with Crippen molar-refractivity contribution in [1.82, 2.24) is 5.32 Å². The fourth-order valence-electron chi connectivity index (χ4n) is 12.7. The van der Waals surface area contributed by atoms with Gasteiger partial charge in [0.15, 0.2) is 6.29 Å². The molecule has 0 aromatic rings. The molecule has 91 heavy (non-hydrogen) atoms. The number of hydrogen-bond acceptors (Lipinski definition) is 8. The fraction of sp³-hybridized carbons (Fsp3) is 0.841. The maximum absolute atomic E-state index is 13.2. The van der Waals surface area contributed by atoms with Crippen LogP contribution in [0.3, 0.4) is 0 Å². The lowest BCUT2D eigenvalue weighted by Gasteiger charge is -2.40. The number of ether oxygens (including phenoxy) is 2. The third kappa shape index (κ3) is 58.7. The van der Waals surface area contributed by atoms with Gasteiger partial charge in [0.05, 0.1) is 25.4 Å². The Morgan fingerprint density at radius 2 is 0.681 bits per heavy atom. The molecule has 1 amide bonds. The predicted octanol–water partition coefficient (Wildman–Crippen LogP) is 22.7. The van der Waals surface area contributed by atoms with Gasteiger partial charge in [-0.3, -0.25) is 4.79 Å². The highest BCUT2D eigenvalue weighted by atomic mass is 16.7. The van der Waals surface area contributed by atoms with Crippen LogP contribution in [0.25, 0.3) is 0 Å². The first-order valence-corrected chi connectivity index (χ1v) is 39.7. The van der Waals surface area contributed by atoms with Crippen molar-refractivity contribution in [2.45, 2.75) is 429 Å². The summed E-state index contributed by atoms with van der Waals surface area (Å²) in [5.74, 6) is -0.170. The second-order valence-electron chi connectivity index (χ2n) is 27.5. The molecule has 1 heterocycles. The highest BCUT2D eigenvalue weighted by Gasteiger charge is 2.44. The van der Waals surface area contributed by atoms with Crippen LogP contribution in [0, 0.1) is 0 Å². The fourth-order valence-corrected chi connectivity index (χ4v) is 12.7. The Hall–Kier alpha value is -2.37. The molecule has 0 bridgehead atoms. The lowest BCUT2D eigenvalue weighted by Crippen LogP contribution is -2.60. The number of carbonyl (C=O) groups is 1. The molecule has 0 spiro atoms. The third-order valence-corrected chi connectivity index (χ3v) is 18.8. The quantitative estimate of drug-likeness (QED) is 0.0261. The Morgan fingerprint density at radius 3 is 1.01 bits per heavy atom. The summed E-state index contributed by atoms with van der Waals surface area (Å²) in [5.41, 5.74) is 0. The van der Waals surface area contributed by atoms with Gasteiger partial charge in [0, 0.05) is 6.42 Å². The average molecular weight is 1280 g/mol. The molecule has 9 heteroatoms. The largest absolute Gasteiger partial charge is 0.394 e. The van der Waals surface area contributed by atoms with Gasteiger partial charge in [-0.05, 0) is 64.2 Å². The van der Waals surface area contributed by atoms with Crippen molar-refractivity contribution in [2.75, 3.05) is 13.2 Å². The lowest BCUT2D eigenvalue weighted by atomic mass is 9.99. The first-order chi connectivity index (χ1) is 44.8. The molecule has 1 fully saturated rings. The predicted molar refractivity (Wildman–Crippen MR) is 392 cm³/mol. The highest BCUT2D eigenvalue weighted by Crippen LogP contribution is 2.24. The Labute approximate surface area is 563 Å². The topological polar surface area (TPSA) is 149 Å². The molecule has 7 atom stereocenters. The van der Waals surface area contributed by atoms with Crippen molar-refractivity contribution in [3.05, 3.63) is 72.9 Å². The first kappa shape index (κ1) is 86.6. The molecule has 6 N–H and O–H groups in total. The number of unbranched alkanes of at least 4 members (excludes halogenated alkanes) is 50. The number of carbonyl (C=O) groups excluding carboxylic acids is 1. The van der Waals surface area contributed by atoms with Gasteiger partial charge in [0.2, 0.25) is 5.91 Å². The summed E-state index contributed by atoms with van der Waals surface area (Å²) in [7, 11) is 0. The zero-order chi connectivity index (χ0) is 65.7. The standard InChI is InChI=1S/C82H151NO8/c1-3-5-7-9-11-13-15-17-19-21-23-25-27-29-31-33-34-35-36-37-38-39-40-41-42-44-46-48-50-52-54-56-58-60-62-64-66-68-70-72-78(86)83-75(74-90-82-81(89)80(88)79(87)77(73-84)91-82)76(85)71-69-67-65-63-61-59-57-55-53-51-49-47-45-43-32-30-28-26-24-22-20-18-16-14-12-10-8-6-4-2/h5,7,11,13,17,19,23,25,29,31,69,71,75-77,79-82,84-85,87-89H,3-4,6,8-10,12,14-16,18,20-22,24,26-28,30,32-68,70,72-74H2,1-2H3,(H,83,86)/b7-5-,13-11-,19-17-,25-23-,31-29-,71-69+. The van der Waals surface area contributed by atoms with E-state index < -0.39 is 49.5 Å². The van der Waals surface area contributed by atoms with Crippen LogP contribution < -0.4 is 5.32 Å². The van der Waals surface area contributed by atoms with Crippen molar-refractivity contribution in [1.29, 1.82) is 0 Å². The molecule has 0 aliphatic carbocycles. The van der Waals surface area contributed by atoms with Gasteiger partial charge in [-0.1, -0.05) is 389 Å². The molecule has 7 unspecified atom stereocenters. The molecule has 0 aromatic heterocycles. The molecular weight excluding hydrogens is 1130 g/mol. The van der Waals surface area contributed by atoms with Crippen molar-refractivity contribution in [3.8, 4) is 0 Å². The van der Waals surface area contributed by atoms with Crippen LogP contribution in [0.2, 0.25) is 0 Å². The summed E-state index contributed by atoms with van der Waals surface area (Å²) in [6.07, 6.45) is 93.3. The minimum atomic E-state index is -1.57. The summed E-state index contributed by atoms with van der Waals surface area (Å²) < 4.78 is 11.3. The number of aliphatic hydroxyl groups is 5. The Bertz CT molecular complexity index is 1670. The Balaban J connectivity index is 2.06. The summed E-state index contributed by atoms with van der Waals surface area (Å²) in [6.45, 7) is 3.72. The van der Waals surface area contributed by atoms with E-state index in [1.165, 1.54) is 295 Å². The van der Waals surface area contributed by atoms with E-state index in [2.05, 4.69) is 79.9 Å². The summed E-state index contributed by atoms with van der Waals surface area (Å²) in [4.78, 5) is 13.2. The third-order valence-electron chi connectivity index (χ3n) is 18.8. The SMILES string of the molecule is CC/C=C\C/C=C\C/C=C\C/C=C\C/C=C\CCCCCCCCCCCCCCCCCCCCCCCCCC(=O)NC(COC1OC(CO)C(O)C(O)C1O)C(O)/C=C/CCCCCCCCCCCCCCCCCCCCCCCCCCCCC. The van der Waals surface area contributed by atoms with E-state index >= 15 is 0 Å². The normalized spacial score (nSPS) is 18.1. The van der Waals surface area contributed by atoms with E-state index in [1.54, 1.807) is 6.08 Å². The lowest BCUT2D eigenvalue weighted by molar-refractivity contribution is -0.302. The maximum Gasteiger partial charge on any atom is 0.220 e. The number of nitrogens with one attached hydrogen (secondary N) is 1. The van der Waals surface area contributed by atoms with Gasteiger partial charge in [-0.2, -0.15) is 0 Å². The van der Waals surface area contributed by atoms with Crippen molar-refractivity contribution in [2.24, 2.45) is 0 Å². The number of rotatable bonds is 70. The van der Waals surface area contributed by atoms with Crippen LogP contribution in [-0.2, 0) is 14.3 Å². The number of allylic oxidation sites excluding steroid dienone is 11. The van der Waals surface area contributed by atoms with Gasteiger partial charge in [-0.25, -0.2) is 0 Å². The molecule has 9 nitrogen and oxygen atoms in total. The molecule has 1 rings (SSSR count). The summed E-state index contributed by atoms with van der Waals surface area (Å²) in [5, 5.41) is 54.9. The molecule has 1 aliphatic rings. The van der Waals surface area contributed by atoms with Crippen molar-refractivity contribution < 1.29 is 39.8 Å². The zero-order valence-electron chi connectivity index (χ0n) is 59.9. The van der Waals surface area contributed by atoms with Gasteiger partial charge in [0.25, 0.3) is 0 Å². The van der Waals surface area contributed by atoms with Crippen LogP contribution in [0.4, 0.5) is 0 Å². The monoisotopic (exact) mass is 1280 g/mol. The van der Waals surface area contributed by atoms with E-state index in [0.29, 0.717) is 6.42 Å². The molecular formula is C82H151NO8. The number of amides is 1. The van der Waals surface area contributed by atoms with E-state index in [9.17, 15) is 30.3 Å². The van der Waals surface area contributed by atoms with Crippen LogP contribution in [-0.4, -0.2) is 87.5 Å².